The van der Waals surface area contributed by atoms with Crippen LogP contribution in [-0.4, -0.2) is 87.5 Å². The van der Waals surface area contributed by atoms with Gasteiger partial charge in [0, 0.05) is 6.42 Å². The Balaban J connectivity index is 2.05. The summed E-state index contributed by atoms with van der Waals surface area (Å²) in [5, 5.41) is 53.4. The molecule has 1 aliphatic rings. The lowest BCUT2D eigenvalue weighted by Gasteiger charge is -2.40. The number of nitrogens with one attached hydrogen (secondary N) is 1. The first-order valence-corrected chi connectivity index (χ1v) is 24.3. The summed E-state index contributed by atoms with van der Waals surface area (Å²) >= 11 is 0. The van der Waals surface area contributed by atoms with Crippen molar-refractivity contribution in [1.29, 1.82) is 0 Å². The molecule has 9 nitrogen and oxygen atoms in total. The Morgan fingerprint density at radius 3 is 1.43 bits per heavy atom. The molecule has 1 saturated heterocycles. The van der Waals surface area contributed by atoms with Crippen molar-refractivity contribution in [3.8, 4) is 0 Å². The van der Waals surface area contributed by atoms with Crippen molar-refractivity contribution >= 4 is 5.91 Å². The molecule has 0 aromatic carbocycles. The Bertz CT molecular complexity index is 1390. The van der Waals surface area contributed by atoms with E-state index in [4.69, 9.17) is 9.47 Å². The van der Waals surface area contributed by atoms with Gasteiger partial charge in [0.05, 0.1) is 25.4 Å². The van der Waals surface area contributed by atoms with Crippen LogP contribution >= 0.6 is 0 Å². The Morgan fingerprint density at radius 1 is 0.556 bits per heavy atom. The van der Waals surface area contributed by atoms with E-state index < -0.39 is 49.5 Å². The summed E-state index contributed by atoms with van der Waals surface area (Å²) in [5.74, 6) is -0.203. The normalized spacial score (nSPS) is 21.3. The van der Waals surface area contributed by atoms with Crippen LogP contribution in [0.1, 0.15) is 155 Å². The second-order valence-electron chi connectivity index (χ2n) is 16.2. The average Bonchev–Trinajstić information content (AvgIpc) is 3.28. The molecule has 0 aliphatic carbocycles. The number of amides is 1. The van der Waals surface area contributed by atoms with E-state index in [1.807, 2.05) is 13.0 Å². The lowest BCUT2D eigenvalue weighted by molar-refractivity contribution is -0.302. The third-order valence-electron chi connectivity index (χ3n) is 10.5. The monoisotopic (exact) mass is 878 g/mol. The Morgan fingerprint density at radius 2 is 0.984 bits per heavy atom. The fourth-order valence-electron chi connectivity index (χ4n) is 6.68. The van der Waals surface area contributed by atoms with Crippen molar-refractivity contribution in [2.45, 2.75) is 198 Å². The molecule has 0 radical (unpaired) electrons. The van der Waals surface area contributed by atoms with E-state index in [0.717, 1.165) is 103 Å². The summed E-state index contributed by atoms with van der Waals surface area (Å²) < 4.78 is 11.0. The van der Waals surface area contributed by atoms with Gasteiger partial charge in [0.1, 0.15) is 24.4 Å². The molecule has 0 aromatic rings. The summed E-state index contributed by atoms with van der Waals surface area (Å²) in [4.78, 5) is 12.8. The van der Waals surface area contributed by atoms with E-state index in [1.165, 1.54) is 32.1 Å². The van der Waals surface area contributed by atoms with E-state index in [-0.39, 0.29) is 12.5 Å². The fraction of sp³-hybridized carbons (Fsp3) is 0.611. The predicted octanol–water partition coefficient (Wildman–Crippen LogP) is 10.8. The SMILES string of the molecule is CC/C=C\C/C=C\C/C=C\C/C=C\C/C=C\C/C=C\C/C=C\C/C=C\C/C=C\CCCCCCCCCCCC(=O)NC(COC1OC(CO)C(O)C(O)C1O)C(O)/C=C/CCC. The first-order chi connectivity index (χ1) is 30.8. The Labute approximate surface area is 382 Å². The zero-order valence-electron chi connectivity index (χ0n) is 39.0. The van der Waals surface area contributed by atoms with Crippen molar-refractivity contribution in [2.24, 2.45) is 0 Å². The highest BCUT2D eigenvalue weighted by Crippen LogP contribution is 2.22. The first kappa shape index (κ1) is 57.6. The molecule has 1 aliphatic heterocycles. The van der Waals surface area contributed by atoms with Crippen molar-refractivity contribution in [3.05, 3.63) is 122 Å². The van der Waals surface area contributed by atoms with Crippen LogP contribution in [0.3, 0.4) is 0 Å². The topological polar surface area (TPSA) is 149 Å². The molecule has 0 bridgehead atoms. The van der Waals surface area contributed by atoms with Gasteiger partial charge in [0.25, 0.3) is 0 Å². The number of aliphatic hydroxyl groups excluding tert-OH is 5. The molecule has 0 saturated carbocycles. The van der Waals surface area contributed by atoms with Crippen LogP contribution < -0.4 is 5.32 Å². The van der Waals surface area contributed by atoms with Crippen LogP contribution in [0.15, 0.2) is 122 Å². The zero-order chi connectivity index (χ0) is 45.9. The Kier molecular flexibility index (Phi) is 38.9. The number of ether oxygens (including phenoxy) is 2. The highest BCUT2D eigenvalue weighted by atomic mass is 16.7. The van der Waals surface area contributed by atoms with Crippen LogP contribution in [0.2, 0.25) is 0 Å². The summed E-state index contributed by atoms with van der Waals surface area (Å²) in [6, 6.07) is -0.811. The molecule has 63 heavy (non-hydrogen) atoms. The molecular formula is C54H87NO8. The van der Waals surface area contributed by atoms with Crippen LogP contribution in [0.5, 0.6) is 0 Å². The maximum absolute atomic E-state index is 12.8. The maximum atomic E-state index is 12.8. The molecule has 6 N–H and O–H groups in total. The third kappa shape index (κ3) is 32.8. The molecule has 1 heterocycles. The molecule has 7 atom stereocenters. The van der Waals surface area contributed by atoms with Crippen molar-refractivity contribution in [2.75, 3.05) is 13.2 Å². The fourth-order valence-corrected chi connectivity index (χ4v) is 6.68. The number of carbonyl (C=O) groups excluding carboxylic acids is 1. The number of aliphatic hydroxyl groups is 5. The molecule has 0 spiro atoms. The van der Waals surface area contributed by atoms with E-state index in [9.17, 15) is 30.3 Å². The number of allylic oxidation sites excluding steroid dienone is 19. The van der Waals surface area contributed by atoms with Gasteiger partial charge >= 0.3 is 0 Å². The van der Waals surface area contributed by atoms with E-state index in [1.54, 1.807) is 6.08 Å². The number of rotatable bonds is 38. The summed E-state index contributed by atoms with van der Waals surface area (Å²) in [5.41, 5.74) is 0. The maximum Gasteiger partial charge on any atom is 0.220 e. The minimum atomic E-state index is -1.57. The van der Waals surface area contributed by atoms with E-state index >= 15 is 0 Å². The van der Waals surface area contributed by atoms with E-state index in [0.29, 0.717) is 6.42 Å². The highest BCUT2D eigenvalue weighted by molar-refractivity contribution is 5.76. The van der Waals surface area contributed by atoms with Crippen LogP contribution in [0.25, 0.3) is 0 Å². The van der Waals surface area contributed by atoms with Crippen LogP contribution in [-0.2, 0) is 14.3 Å². The number of unbranched alkanes of at least 4 members (excludes halogenated alkanes) is 10. The minimum Gasteiger partial charge on any atom is -0.394 e. The molecule has 0 aromatic heterocycles. The number of hydrogen-bond acceptors (Lipinski definition) is 8. The average molecular weight is 878 g/mol. The van der Waals surface area contributed by atoms with Gasteiger partial charge in [0.15, 0.2) is 6.29 Å². The summed E-state index contributed by atoms with van der Waals surface area (Å²) in [6.07, 6.45) is 57.9. The smallest absolute Gasteiger partial charge is 0.220 e. The van der Waals surface area contributed by atoms with Gasteiger partial charge in [-0.05, 0) is 83.5 Å². The highest BCUT2D eigenvalue weighted by Gasteiger charge is 2.44. The molecule has 7 unspecified atom stereocenters. The predicted molar refractivity (Wildman–Crippen MR) is 262 cm³/mol. The van der Waals surface area contributed by atoms with Gasteiger partial charge < -0.3 is 40.3 Å². The lowest BCUT2D eigenvalue weighted by atomic mass is 9.99. The quantitative estimate of drug-likeness (QED) is 0.0265. The van der Waals surface area contributed by atoms with Crippen molar-refractivity contribution < 1.29 is 39.8 Å². The molecule has 9 heteroatoms. The molecular weight excluding hydrogens is 791 g/mol. The molecule has 1 fully saturated rings. The van der Waals surface area contributed by atoms with Gasteiger partial charge in [-0.1, -0.05) is 187 Å². The first-order valence-electron chi connectivity index (χ1n) is 24.3. The van der Waals surface area contributed by atoms with Crippen molar-refractivity contribution in [1.82, 2.24) is 5.32 Å². The number of hydrogen-bond donors (Lipinski definition) is 6. The van der Waals surface area contributed by atoms with Gasteiger partial charge in [-0.2, -0.15) is 0 Å². The Hall–Kier alpha value is -3.41. The minimum absolute atomic E-state index is 0.203. The van der Waals surface area contributed by atoms with Gasteiger partial charge in [-0.15, -0.1) is 0 Å². The van der Waals surface area contributed by atoms with Crippen LogP contribution in [0.4, 0.5) is 0 Å². The largest absolute Gasteiger partial charge is 0.394 e. The molecule has 1 amide bonds. The molecule has 1 rings (SSSR count). The number of carbonyl (C=O) groups is 1. The van der Waals surface area contributed by atoms with E-state index in [2.05, 4.69) is 122 Å². The van der Waals surface area contributed by atoms with Gasteiger partial charge in [0.2, 0.25) is 5.91 Å². The second kappa shape index (κ2) is 42.5. The summed E-state index contributed by atoms with van der Waals surface area (Å²) in [6.45, 7) is 3.41. The van der Waals surface area contributed by atoms with Crippen LogP contribution in [0, 0.1) is 0 Å². The third-order valence-corrected chi connectivity index (χ3v) is 10.5. The standard InChI is InChI=1S/C54H87NO8/c1-3-5-7-8-9-10-11-12-13-14-15-16-17-18-19-20-21-22-23-24-25-26-27-28-29-30-31-32-33-34-35-36-37-38-39-40-42-44-50(58)55-47(48(57)43-41-6-4-2)46-62-54-53(61)52(60)51(59)49(45-56)63-54/h5,7,9-10,12-13,15-16,18-19,21-22,24-25,27-28,30-31,41,43,47-49,51-54,56-57,59-61H,3-4,6,8,11,14,17,20,23,26,29,32-40,42,44-46H2,1-2H3,(H,55,58)/b7-5-,10-9-,13-12-,16-15-,19-18-,22-21-,25-24-,28-27-,31-30-,43-41+. The van der Waals surface area contributed by atoms with Gasteiger partial charge in [-0.25, -0.2) is 0 Å². The van der Waals surface area contributed by atoms with Gasteiger partial charge in [-0.3, -0.25) is 4.79 Å². The zero-order valence-corrected chi connectivity index (χ0v) is 39.0. The summed E-state index contributed by atoms with van der Waals surface area (Å²) in [7, 11) is 0. The van der Waals surface area contributed by atoms with Crippen molar-refractivity contribution in [3.63, 3.8) is 0 Å². The lowest BCUT2D eigenvalue weighted by Crippen LogP contribution is -2.60. The molecule has 356 valence electrons. The second-order valence-corrected chi connectivity index (χ2v) is 16.2.